The maximum Gasteiger partial charge on any atom is 0.217 e. The van der Waals surface area contributed by atoms with Crippen LogP contribution in [0.15, 0.2) is 0 Å². The molecule has 0 aromatic heterocycles. The first-order chi connectivity index (χ1) is 4.72. The third kappa shape index (κ3) is 1.47. The fourth-order valence-corrected chi connectivity index (χ4v) is 1.13. The Bertz CT molecular complexity index is 177. The molecule has 0 heterocycles. The molecule has 0 aromatic carbocycles. The molecule has 1 N–H and O–H groups in total. The molecule has 1 aliphatic rings. The first kappa shape index (κ1) is 7.07. The maximum atomic E-state index is 10.4. The summed E-state index contributed by atoms with van der Waals surface area (Å²) >= 11 is 0. The maximum absolute atomic E-state index is 10.4. The fraction of sp³-hybridized carbons (Fsp3) is 0.714. The van der Waals surface area contributed by atoms with Crippen molar-refractivity contribution in [3.8, 4) is 6.07 Å². The van der Waals surface area contributed by atoms with Crippen LogP contribution in [0.4, 0.5) is 0 Å². The first-order valence-corrected chi connectivity index (χ1v) is 3.39. The largest absolute Gasteiger partial charge is 0.354 e. The van der Waals surface area contributed by atoms with Crippen LogP contribution in [0.2, 0.25) is 0 Å². The number of rotatable bonds is 1. The van der Waals surface area contributed by atoms with Gasteiger partial charge in [-0.05, 0) is 12.8 Å². The van der Waals surface area contributed by atoms with E-state index in [9.17, 15) is 4.79 Å². The van der Waals surface area contributed by atoms with Gasteiger partial charge in [-0.2, -0.15) is 5.26 Å². The summed E-state index contributed by atoms with van der Waals surface area (Å²) in [6.45, 7) is 1.50. The number of hydrogen-bond acceptors (Lipinski definition) is 2. The van der Waals surface area contributed by atoms with Gasteiger partial charge in [0.15, 0.2) is 0 Å². The molecular formula is C7H10N2O. The summed E-state index contributed by atoms with van der Waals surface area (Å²) in [5.74, 6) is 0.179. The van der Waals surface area contributed by atoms with Crippen molar-refractivity contribution in [3.05, 3.63) is 0 Å². The Morgan fingerprint density at radius 3 is 2.70 bits per heavy atom. The Hall–Kier alpha value is -1.04. The third-order valence-electron chi connectivity index (χ3n) is 1.73. The third-order valence-corrected chi connectivity index (χ3v) is 1.73. The van der Waals surface area contributed by atoms with Crippen LogP contribution in [-0.2, 0) is 4.79 Å². The van der Waals surface area contributed by atoms with E-state index in [0.29, 0.717) is 0 Å². The van der Waals surface area contributed by atoms with Crippen LogP contribution >= 0.6 is 0 Å². The molecule has 10 heavy (non-hydrogen) atoms. The van der Waals surface area contributed by atoms with Gasteiger partial charge in [-0.3, -0.25) is 4.79 Å². The van der Waals surface area contributed by atoms with Gasteiger partial charge < -0.3 is 5.32 Å². The Kier molecular flexibility index (Phi) is 1.91. The van der Waals surface area contributed by atoms with Crippen molar-refractivity contribution in [1.82, 2.24) is 5.32 Å². The van der Waals surface area contributed by atoms with Crippen molar-refractivity contribution in [2.45, 2.75) is 25.8 Å². The molecule has 1 amide bonds. The molecule has 1 fully saturated rings. The highest BCUT2D eigenvalue weighted by Gasteiger charge is 2.28. The van der Waals surface area contributed by atoms with E-state index >= 15 is 0 Å². The number of carbonyl (C=O) groups is 1. The van der Waals surface area contributed by atoms with Gasteiger partial charge in [-0.25, -0.2) is 0 Å². The van der Waals surface area contributed by atoms with Crippen molar-refractivity contribution < 1.29 is 4.79 Å². The van der Waals surface area contributed by atoms with Crippen LogP contribution in [0.5, 0.6) is 0 Å². The fourth-order valence-electron chi connectivity index (χ4n) is 1.13. The molecule has 0 aromatic rings. The molecule has 1 aliphatic carbocycles. The molecule has 0 radical (unpaired) electrons. The highest BCUT2D eigenvalue weighted by molar-refractivity contribution is 5.73. The summed E-state index contributed by atoms with van der Waals surface area (Å²) in [5, 5.41) is 11.1. The van der Waals surface area contributed by atoms with Crippen molar-refractivity contribution in [2.75, 3.05) is 0 Å². The molecule has 1 saturated carbocycles. The molecular weight excluding hydrogens is 128 g/mol. The minimum atomic E-state index is 0.00129. The van der Waals surface area contributed by atoms with Crippen molar-refractivity contribution in [3.63, 3.8) is 0 Å². The molecule has 3 heteroatoms. The minimum absolute atomic E-state index is 0.00129. The number of nitrogens with zero attached hydrogens (tertiary/aromatic N) is 1. The SMILES string of the molecule is CC(=O)NC1CC(C#N)C1. The van der Waals surface area contributed by atoms with Crippen LogP contribution < -0.4 is 5.32 Å². The average Bonchev–Trinajstić information content (AvgIpc) is 1.76. The van der Waals surface area contributed by atoms with E-state index in [1.54, 1.807) is 0 Å². The smallest absolute Gasteiger partial charge is 0.217 e. The lowest BCUT2D eigenvalue weighted by Gasteiger charge is -2.30. The van der Waals surface area contributed by atoms with Gasteiger partial charge in [0.2, 0.25) is 5.91 Å². The average molecular weight is 138 g/mol. The molecule has 0 unspecified atom stereocenters. The van der Waals surface area contributed by atoms with E-state index in [2.05, 4.69) is 11.4 Å². The van der Waals surface area contributed by atoms with E-state index in [0.717, 1.165) is 12.8 Å². The summed E-state index contributed by atoms with van der Waals surface area (Å²) in [6, 6.07) is 2.42. The molecule has 1 rings (SSSR count). The zero-order valence-electron chi connectivity index (χ0n) is 5.92. The zero-order valence-corrected chi connectivity index (χ0v) is 5.92. The van der Waals surface area contributed by atoms with Gasteiger partial charge in [0, 0.05) is 13.0 Å². The van der Waals surface area contributed by atoms with E-state index < -0.39 is 0 Å². The first-order valence-electron chi connectivity index (χ1n) is 3.39. The van der Waals surface area contributed by atoms with E-state index in [-0.39, 0.29) is 17.9 Å². The summed E-state index contributed by atoms with van der Waals surface area (Å²) in [7, 11) is 0. The van der Waals surface area contributed by atoms with Crippen LogP contribution in [0.1, 0.15) is 19.8 Å². The highest BCUT2D eigenvalue weighted by atomic mass is 16.1. The molecule has 0 atom stereocenters. The predicted molar refractivity (Wildman–Crippen MR) is 35.9 cm³/mol. The monoisotopic (exact) mass is 138 g/mol. The van der Waals surface area contributed by atoms with Gasteiger partial charge in [0.05, 0.1) is 12.0 Å². The summed E-state index contributed by atoms with van der Waals surface area (Å²) < 4.78 is 0. The second kappa shape index (κ2) is 2.70. The van der Waals surface area contributed by atoms with Crippen molar-refractivity contribution in [2.24, 2.45) is 5.92 Å². The topological polar surface area (TPSA) is 52.9 Å². The van der Waals surface area contributed by atoms with Crippen LogP contribution in [0.3, 0.4) is 0 Å². The summed E-state index contributed by atoms with van der Waals surface area (Å²) in [5.41, 5.74) is 0. The van der Waals surface area contributed by atoms with Crippen LogP contribution in [-0.4, -0.2) is 11.9 Å². The Balaban J connectivity index is 2.16. The van der Waals surface area contributed by atoms with Crippen molar-refractivity contribution >= 4 is 5.91 Å². The van der Waals surface area contributed by atoms with Gasteiger partial charge in [0.1, 0.15) is 0 Å². The van der Waals surface area contributed by atoms with Crippen LogP contribution in [0.25, 0.3) is 0 Å². The quantitative estimate of drug-likeness (QED) is 0.571. The number of hydrogen-bond donors (Lipinski definition) is 1. The molecule has 0 bridgehead atoms. The van der Waals surface area contributed by atoms with Crippen molar-refractivity contribution in [1.29, 1.82) is 5.26 Å². The second-order valence-electron chi connectivity index (χ2n) is 2.69. The lowest BCUT2D eigenvalue weighted by molar-refractivity contribution is -0.120. The normalized spacial score (nSPS) is 30.0. The van der Waals surface area contributed by atoms with E-state index in [1.165, 1.54) is 6.92 Å². The summed E-state index contributed by atoms with van der Waals surface area (Å²) in [6.07, 6.45) is 1.66. The molecule has 54 valence electrons. The Morgan fingerprint density at radius 1 is 1.70 bits per heavy atom. The van der Waals surface area contributed by atoms with Gasteiger partial charge in [-0.15, -0.1) is 0 Å². The molecule has 0 saturated heterocycles. The molecule has 0 aliphatic heterocycles. The molecule has 0 spiro atoms. The standard InChI is InChI=1S/C7H10N2O/c1-5(10)9-7-2-6(3-7)4-8/h6-7H,2-3H2,1H3,(H,9,10). The number of amides is 1. The zero-order chi connectivity index (χ0) is 7.56. The van der Waals surface area contributed by atoms with Crippen LogP contribution in [0, 0.1) is 17.2 Å². The Labute approximate surface area is 60.0 Å². The predicted octanol–water partition coefficient (Wildman–Crippen LogP) is 0.425. The van der Waals surface area contributed by atoms with E-state index in [4.69, 9.17) is 5.26 Å². The minimum Gasteiger partial charge on any atom is -0.354 e. The molecule has 3 nitrogen and oxygen atoms in total. The Morgan fingerprint density at radius 2 is 2.30 bits per heavy atom. The summed E-state index contributed by atoms with van der Waals surface area (Å²) in [4.78, 5) is 10.4. The lowest BCUT2D eigenvalue weighted by atomic mass is 9.81. The second-order valence-corrected chi connectivity index (χ2v) is 2.69. The van der Waals surface area contributed by atoms with Gasteiger partial charge >= 0.3 is 0 Å². The number of nitrogens with one attached hydrogen (secondary N) is 1. The lowest BCUT2D eigenvalue weighted by Crippen LogP contribution is -2.42. The number of nitriles is 1. The number of carbonyl (C=O) groups excluding carboxylic acids is 1. The van der Waals surface area contributed by atoms with E-state index in [1.807, 2.05) is 0 Å². The van der Waals surface area contributed by atoms with Gasteiger partial charge in [0.25, 0.3) is 0 Å². The van der Waals surface area contributed by atoms with Gasteiger partial charge in [-0.1, -0.05) is 0 Å². The highest BCUT2D eigenvalue weighted by Crippen LogP contribution is 2.25.